The highest BCUT2D eigenvalue weighted by Gasteiger charge is 2.62. The first-order valence-electron chi connectivity index (χ1n) is 26.5. The van der Waals surface area contributed by atoms with E-state index in [-0.39, 0.29) is 24.1 Å². The third-order valence-electron chi connectivity index (χ3n) is 17.9. The number of hydrogen-bond acceptors (Lipinski definition) is 6. The van der Waals surface area contributed by atoms with Crippen molar-refractivity contribution in [1.29, 1.82) is 0 Å². The van der Waals surface area contributed by atoms with Gasteiger partial charge in [-0.2, -0.15) is 0 Å². The molecule has 366 valence electrons. The van der Waals surface area contributed by atoms with Crippen molar-refractivity contribution in [1.82, 2.24) is 9.80 Å². The van der Waals surface area contributed by atoms with Crippen molar-refractivity contribution in [2.75, 3.05) is 46.8 Å². The van der Waals surface area contributed by atoms with Gasteiger partial charge in [-0.1, -0.05) is 194 Å². The second kappa shape index (κ2) is 17.4. The van der Waals surface area contributed by atoms with Gasteiger partial charge in [-0.3, -0.25) is 19.4 Å². The van der Waals surface area contributed by atoms with Crippen molar-refractivity contribution in [3.8, 4) is 0 Å². The Hall–Kier alpha value is -7.78. The Balaban J connectivity index is 0.962. The summed E-state index contributed by atoms with van der Waals surface area (Å²) >= 11 is 0. The van der Waals surface area contributed by atoms with E-state index in [1.54, 1.807) is 0 Å². The quantitative estimate of drug-likeness (QED) is 0.129. The average Bonchev–Trinajstić information content (AvgIpc) is 4.27. The van der Waals surface area contributed by atoms with Crippen LogP contribution in [0.1, 0.15) is 80.3 Å². The standard InChI is InChI=1S/C66H60N6O2/c1-67-39-37-65(51-31-15-17-35-55(51)69(63(65)67)41-45-21-7-3-8-22-45)53-33-19-29-49-57(61(73)71(59(49)53)43-47-25-11-5-12-26-47)58-50-30-20-34-54(60(50)72(62(58)74)44-48-27-13-6-14-28-48)66-38-40-68(2)64(66)70(42-46-23-9-4-10-24-46)56-36-18-16-32-52(56)66/h3-36,57-58,63-64H,37-44H2,1-2H3/t57?,58?,63-,64-,65+,66+/m0/s1. The second-order valence-electron chi connectivity index (χ2n) is 21.7. The van der Waals surface area contributed by atoms with Gasteiger partial charge < -0.3 is 19.6 Å². The lowest BCUT2D eigenvalue weighted by atomic mass is 9.70. The number of anilines is 4. The topological polar surface area (TPSA) is 53.6 Å². The van der Waals surface area contributed by atoms with E-state index in [1.807, 2.05) is 12.1 Å². The van der Waals surface area contributed by atoms with Gasteiger partial charge in [0, 0.05) is 37.6 Å². The zero-order chi connectivity index (χ0) is 49.7. The first-order valence-corrected chi connectivity index (χ1v) is 26.5. The summed E-state index contributed by atoms with van der Waals surface area (Å²) in [5.74, 6) is -1.52. The van der Waals surface area contributed by atoms with E-state index in [2.05, 4.69) is 238 Å². The van der Waals surface area contributed by atoms with Crippen LogP contribution >= 0.6 is 0 Å². The van der Waals surface area contributed by atoms with Crippen LogP contribution in [0, 0.1) is 0 Å². The molecule has 8 heteroatoms. The van der Waals surface area contributed by atoms with Crippen molar-refractivity contribution < 1.29 is 9.59 Å². The number of likely N-dealkylation sites (tertiary alicyclic amines) is 2. The van der Waals surface area contributed by atoms with E-state index in [0.717, 1.165) is 83.8 Å². The zero-order valence-electron chi connectivity index (χ0n) is 42.1. The van der Waals surface area contributed by atoms with Gasteiger partial charge in [0.05, 0.1) is 59.5 Å². The maximum absolute atomic E-state index is 16.3. The highest BCUT2D eigenvalue weighted by molar-refractivity contribution is 6.15. The Morgan fingerprint density at radius 2 is 0.703 bits per heavy atom. The zero-order valence-corrected chi connectivity index (χ0v) is 42.1. The molecule has 74 heavy (non-hydrogen) atoms. The van der Waals surface area contributed by atoms with E-state index in [9.17, 15) is 0 Å². The molecule has 0 aliphatic carbocycles. The minimum absolute atomic E-state index is 0.00425. The molecule has 6 atom stereocenters. The molecule has 8 aromatic carbocycles. The van der Waals surface area contributed by atoms with Crippen LogP contribution in [0.15, 0.2) is 206 Å². The Morgan fingerprint density at radius 1 is 0.378 bits per heavy atom. The summed E-state index contributed by atoms with van der Waals surface area (Å²) in [6, 6.07) is 73.6. The first kappa shape index (κ1) is 44.9. The molecule has 2 unspecified atom stereocenters. The number of fused-ring (bicyclic) bond motifs is 8. The lowest BCUT2D eigenvalue weighted by Crippen LogP contribution is -2.49. The van der Waals surface area contributed by atoms with Gasteiger partial charge in [0.25, 0.3) is 0 Å². The number of amides is 2. The summed E-state index contributed by atoms with van der Waals surface area (Å²) < 4.78 is 0. The summed E-state index contributed by atoms with van der Waals surface area (Å²) in [5.41, 5.74) is 14.9. The van der Waals surface area contributed by atoms with Gasteiger partial charge >= 0.3 is 0 Å². The van der Waals surface area contributed by atoms with Crippen molar-refractivity contribution >= 4 is 34.6 Å². The molecule has 0 saturated carbocycles. The second-order valence-corrected chi connectivity index (χ2v) is 21.7. The summed E-state index contributed by atoms with van der Waals surface area (Å²) in [6.45, 7) is 4.13. The first-order chi connectivity index (χ1) is 36.4. The normalized spacial score (nSPS) is 24.6. The van der Waals surface area contributed by atoms with Gasteiger partial charge in [0.15, 0.2) is 0 Å². The van der Waals surface area contributed by atoms with Crippen molar-refractivity contribution in [2.24, 2.45) is 0 Å². The Labute approximate surface area is 434 Å². The molecule has 2 amide bonds. The molecule has 0 radical (unpaired) electrons. The molecule has 0 aromatic heterocycles. The molecule has 8 nitrogen and oxygen atoms in total. The predicted octanol–water partition coefficient (Wildman–Crippen LogP) is 11.6. The summed E-state index contributed by atoms with van der Waals surface area (Å²) in [4.78, 5) is 47.0. The third kappa shape index (κ3) is 6.53. The van der Waals surface area contributed by atoms with Crippen LogP contribution in [0.2, 0.25) is 0 Å². The number of carbonyl (C=O) groups is 2. The van der Waals surface area contributed by atoms with Crippen LogP contribution in [0.3, 0.4) is 0 Å². The number of hydrogen-bond donors (Lipinski definition) is 0. The lowest BCUT2D eigenvalue weighted by Gasteiger charge is -2.39. The molecular formula is C66H60N6O2. The fraction of sp³-hybridized carbons (Fsp3) is 0.242. The van der Waals surface area contributed by atoms with E-state index in [1.165, 1.54) is 33.6 Å². The Morgan fingerprint density at radius 3 is 1.08 bits per heavy atom. The average molecular weight is 969 g/mol. The largest absolute Gasteiger partial charge is 0.350 e. The fourth-order valence-corrected chi connectivity index (χ4v) is 15.0. The molecule has 0 bridgehead atoms. The van der Waals surface area contributed by atoms with Crippen LogP contribution < -0.4 is 19.6 Å². The Kier molecular flexibility index (Phi) is 10.6. The predicted molar refractivity (Wildman–Crippen MR) is 295 cm³/mol. The van der Waals surface area contributed by atoms with Crippen molar-refractivity contribution in [3.63, 3.8) is 0 Å². The number of rotatable bonds is 11. The number of carbonyl (C=O) groups excluding carboxylic acids is 2. The van der Waals surface area contributed by atoms with E-state index < -0.39 is 22.7 Å². The summed E-state index contributed by atoms with van der Waals surface area (Å²) in [7, 11) is 4.52. The molecular weight excluding hydrogens is 909 g/mol. The molecule has 0 spiro atoms. The lowest BCUT2D eigenvalue weighted by molar-refractivity contribution is -0.125. The third-order valence-corrected chi connectivity index (χ3v) is 17.9. The number of nitrogens with zero attached hydrogens (tertiary/aromatic N) is 6. The number of para-hydroxylation sites is 4. The van der Waals surface area contributed by atoms with Crippen LogP contribution in [0.5, 0.6) is 0 Å². The van der Waals surface area contributed by atoms with Gasteiger partial charge in [0.1, 0.15) is 0 Å². The molecule has 6 aliphatic heterocycles. The minimum Gasteiger partial charge on any atom is -0.350 e. The molecule has 2 fully saturated rings. The van der Waals surface area contributed by atoms with E-state index in [4.69, 9.17) is 0 Å². The van der Waals surface area contributed by atoms with Crippen LogP contribution in [-0.4, -0.2) is 61.1 Å². The Bertz CT molecular complexity index is 3230. The van der Waals surface area contributed by atoms with Gasteiger partial charge in [0.2, 0.25) is 11.8 Å². The monoisotopic (exact) mass is 968 g/mol. The van der Waals surface area contributed by atoms with Crippen molar-refractivity contribution in [2.45, 2.75) is 74.0 Å². The van der Waals surface area contributed by atoms with Gasteiger partial charge in [-0.25, -0.2) is 0 Å². The molecule has 6 heterocycles. The molecule has 14 rings (SSSR count). The fourth-order valence-electron chi connectivity index (χ4n) is 15.0. The van der Waals surface area contributed by atoms with Crippen LogP contribution in [0.4, 0.5) is 22.7 Å². The molecule has 8 aromatic rings. The van der Waals surface area contributed by atoms with Crippen LogP contribution in [-0.2, 0) is 46.6 Å². The minimum atomic E-state index is -0.744. The molecule has 0 N–H and O–H groups in total. The smallest absolute Gasteiger partial charge is 0.236 e. The van der Waals surface area contributed by atoms with E-state index >= 15 is 9.59 Å². The maximum atomic E-state index is 16.3. The molecule has 2 saturated heterocycles. The van der Waals surface area contributed by atoms with Crippen LogP contribution in [0.25, 0.3) is 0 Å². The number of benzene rings is 8. The summed E-state index contributed by atoms with van der Waals surface area (Å²) in [5, 5.41) is 0. The highest BCUT2D eigenvalue weighted by Crippen LogP contribution is 2.63. The SMILES string of the molecule is CN1CC[C@]2(c3cccc4c3N(Cc3ccccc3)C(=O)C4C3C(=O)N(Cc4ccccc4)c4c3cccc4[C@]34CCN(C)[C@H]3N(Cc3ccccc3)c3ccccc34)c3ccccc3N(Cc3ccccc3)[C@H]12. The summed E-state index contributed by atoms with van der Waals surface area (Å²) in [6.07, 6.45) is 1.80. The van der Waals surface area contributed by atoms with Gasteiger partial charge in [-0.05, 0) is 94.7 Å². The highest BCUT2D eigenvalue weighted by atomic mass is 16.2. The number of likely N-dealkylation sites (N-methyl/N-ethyl adjacent to an activating group) is 2. The maximum Gasteiger partial charge on any atom is 0.236 e. The van der Waals surface area contributed by atoms with Crippen molar-refractivity contribution in [3.05, 3.63) is 262 Å². The molecule has 6 aliphatic rings. The van der Waals surface area contributed by atoms with Gasteiger partial charge in [-0.15, -0.1) is 0 Å². The van der Waals surface area contributed by atoms with E-state index in [0.29, 0.717) is 13.1 Å².